The van der Waals surface area contributed by atoms with Crippen molar-refractivity contribution in [3.05, 3.63) is 28.2 Å². The standard InChI is InChI=1S/C17H23BrN2O3/c1-11-9-12(6-7-14(11)18)20-16(22)17(2,3)15(21)19-10-13-5-4-8-23-13/h6-7,9,13H,4-5,8,10H2,1-3H3,(H,19,21)(H,20,22). The summed E-state index contributed by atoms with van der Waals surface area (Å²) in [4.78, 5) is 24.8. The molecule has 23 heavy (non-hydrogen) atoms. The summed E-state index contributed by atoms with van der Waals surface area (Å²) in [6.45, 7) is 6.39. The fraction of sp³-hybridized carbons (Fsp3) is 0.529. The SMILES string of the molecule is Cc1cc(NC(=O)C(C)(C)C(=O)NCC2CCCO2)ccc1Br. The molecule has 2 rings (SSSR count). The van der Waals surface area contributed by atoms with Gasteiger partial charge in [0.15, 0.2) is 0 Å². The van der Waals surface area contributed by atoms with E-state index in [0.29, 0.717) is 12.2 Å². The zero-order valence-electron chi connectivity index (χ0n) is 13.7. The number of hydrogen-bond donors (Lipinski definition) is 2. The molecule has 126 valence electrons. The average molecular weight is 383 g/mol. The summed E-state index contributed by atoms with van der Waals surface area (Å²) in [5, 5.41) is 5.63. The number of carbonyl (C=O) groups excluding carboxylic acids is 2. The first-order valence-corrected chi connectivity index (χ1v) is 8.57. The number of rotatable bonds is 5. The van der Waals surface area contributed by atoms with Crippen LogP contribution in [0.3, 0.4) is 0 Å². The second kappa shape index (κ2) is 7.45. The van der Waals surface area contributed by atoms with Crippen LogP contribution in [0.4, 0.5) is 5.69 Å². The van der Waals surface area contributed by atoms with Gasteiger partial charge in [0.05, 0.1) is 6.10 Å². The molecule has 2 amide bonds. The normalized spacial score (nSPS) is 17.8. The Morgan fingerprint density at radius 1 is 1.35 bits per heavy atom. The molecule has 6 heteroatoms. The topological polar surface area (TPSA) is 67.4 Å². The molecule has 0 radical (unpaired) electrons. The van der Waals surface area contributed by atoms with Gasteiger partial charge in [0, 0.05) is 23.3 Å². The Morgan fingerprint density at radius 3 is 2.70 bits per heavy atom. The highest BCUT2D eigenvalue weighted by Crippen LogP contribution is 2.23. The van der Waals surface area contributed by atoms with Crippen LogP contribution in [-0.4, -0.2) is 31.1 Å². The number of carbonyl (C=O) groups is 2. The van der Waals surface area contributed by atoms with Crippen molar-refractivity contribution in [2.45, 2.75) is 39.7 Å². The molecule has 1 aliphatic rings. The molecule has 1 saturated heterocycles. The fourth-order valence-corrected chi connectivity index (χ4v) is 2.59. The molecule has 1 aliphatic heterocycles. The number of hydrogen-bond acceptors (Lipinski definition) is 3. The molecule has 1 aromatic carbocycles. The summed E-state index contributed by atoms with van der Waals surface area (Å²) < 4.78 is 6.45. The van der Waals surface area contributed by atoms with E-state index in [2.05, 4.69) is 26.6 Å². The van der Waals surface area contributed by atoms with Gasteiger partial charge in [0.25, 0.3) is 0 Å². The predicted molar refractivity (Wildman–Crippen MR) is 93.3 cm³/mol. The number of benzene rings is 1. The van der Waals surface area contributed by atoms with Gasteiger partial charge in [-0.2, -0.15) is 0 Å². The summed E-state index contributed by atoms with van der Waals surface area (Å²) >= 11 is 3.42. The summed E-state index contributed by atoms with van der Waals surface area (Å²) in [5.74, 6) is -0.622. The predicted octanol–water partition coefficient (Wildman–Crippen LogP) is 3.02. The van der Waals surface area contributed by atoms with Crippen molar-refractivity contribution in [2.24, 2.45) is 5.41 Å². The first-order valence-electron chi connectivity index (χ1n) is 7.78. The third-order valence-corrected chi connectivity index (χ3v) is 4.96. The number of anilines is 1. The molecule has 1 unspecified atom stereocenters. The maximum Gasteiger partial charge on any atom is 0.239 e. The molecule has 1 heterocycles. The second-order valence-electron chi connectivity index (χ2n) is 6.39. The Labute approximate surface area is 145 Å². The van der Waals surface area contributed by atoms with Crippen molar-refractivity contribution in [1.29, 1.82) is 0 Å². The lowest BCUT2D eigenvalue weighted by atomic mass is 9.90. The molecule has 2 N–H and O–H groups in total. The molecule has 1 fully saturated rings. The third kappa shape index (κ3) is 4.54. The molecule has 1 atom stereocenters. The van der Waals surface area contributed by atoms with Crippen LogP contribution >= 0.6 is 15.9 Å². The van der Waals surface area contributed by atoms with Crippen molar-refractivity contribution in [3.63, 3.8) is 0 Å². The van der Waals surface area contributed by atoms with Crippen molar-refractivity contribution in [1.82, 2.24) is 5.32 Å². The molecule has 0 bridgehead atoms. The van der Waals surface area contributed by atoms with Crippen LogP contribution < -0.4 is 10.6 Å². The van der Waals surface area contributed by atoms with E-state index in [1.54, 1.807) is 19.9 Å². The van der Waals surface area contributed by atoms with Crippen LogP contribution in [0.1, 0.15) is 32.3 Å². The van der Waals surface area contributed by atoms with E-state index in [1.807, 2.05) is 19.1 Å². The van der Waals surface area contributed by atoms with Gasteiger partial charge in [0.2, 0.25) is 11.8 Å². The highest BCUT2D eigenvalue weighted by molar-refractivity contribution is 9.10. The largest absolute Gasteiger partial charge is 0.376 e. The summed E-state index contributed by atoms with van der Waals surface area (Å²) in [6, 6.07) is 5.53. The van der Waals surface area contributed by atoms with Crippen LogP contribution in [0.2, 0.25) is 0 Å². The van der Waals surface area contributed by atoms with E-state index in [1.165, 1.54) is 0 Å². The van der Waals surface area contributed by atoms with Crippen molar-refractivity contribution >= 4 is 33.4 Å². The molecule has 0 aromatic heterocycles. The van der Waals surface area contributed by atoms with Crippen molar-refractivity contribution < 1.29 is 14.3 Å². The zero-order valence-corrected chi connectivity index (χ0v) is 15.3. The van der Waals surface area contributed by atoms with Crippen LogP contribution in [0.5, 0.6) is 0 Å². The average Bonchev–Trinajstić information content (AvgIpc) is 3.01. The monoisotopic (exact) mass is 382 g/mol. The zero-order chi connectivity index (χ0) is 17.0. The number of aryl methyl sites for hydroxylation is 1. The molecule has 0 spiro atoms. The van der Waals surface area contributed by atoms with Crippen LogP contribution in [0, 0.1) is 12.3 Å². The molecular formula is C17H23BrN2O3. The summed E-state index contributed by atoms with van der Waals surface area (Å²) in [6.07, 6.45) is 2.03. The third-order valence-electron chi connectivity index (χ3n) is 4.07. The minimum absolute atomic E-state index is 0.0620. The number of amides is 2. The quantitative estimate of drug-likeness (QED) is 0.769. The number of ether oxygens (including phenoxy) is 1. The van der Waals surface area contributed by atoms with Gasteiger partial charge in [-0.15, -0.1) is 0 Å². The van der Waals surface area contributed by atoms with E-state index >= 15 is 0 Å². The Kier molecular flexibility index (Phi) is 5.81. The van der Waals surface area contributed by atoms with Gasteiger partial charge in [-0.05, 0) is 57.4 Å². The Morgan fingerprint density at radius 2 is 2.09 bits per heavy atom. The van der Waals surface area contributed by atoms with Gasteiger partial charge < -0.3 is 15.4 Å². The van der Waals surface area contributed by atoms with Gasteiger partial charge >= 0.3 is 0 Å². The highest BCUT2D eigenvalue weighted by Gasteiger charge is 2.36. The van der Waals surface area contributed by atoms with Gasteiger partial charge in [-0.1, -0.05) is 15.9 Å². The van der Waals surface area contributed by atoms with E-state index in [9.17, 15) is 9.59 Å². The first kappa shape index (κ1) is 17.9. The molecule has 0 saturated carbocycles. The van der Waals surface area contributed by atoms with E-state index in [4.69, 9.17) is 4.74 Å². The Hall–Kier alpha value is -1.40. The summed E-state index contributed by atoms with van der Waals surface area (Å²) in [5.41, 5.74) is 0.540. The second-order valence-corrected chi connectivity index (χ2v) is 7.24. The Balaban J connectivity index is 1.94. The number of halogens is 1. The maximum absolute atomic E-state index is 12.5. The van der Waals surface area contributed by atoms with Crippen LogP contribution in [0.25, 0.3) is 0 Å². The smallest absolute Gasteiger partial charge is 0.239 e. The van der Waals surface area contributed by atoms with Crippen molar-refractivity contribution in [3.8, 4) is 0 Å². The van der Waals surface area contributed by atoms with E-state index in [0.717, 1.165) is 29.5 Å². The van der Waals surface area contributed by atoms with E-state index in [-0.39, 0.29) is 17.9 Å². The molecule has 5 nitrogen and oxygen atoms in total. The molecular weight excluding hydrogens is 360 g/mol. The van der Waals surface area contributed by atoms with Gasteiger partial charge in [-0.3, -0.25) is 9.59 Å². The minimum atomic E-state index is -1.15. The van der Waals surface area contributed by atoms with Crippen LogP contribution in [0.15, 0.2) is 22.7 Å². The summed E-state index contributed by atoms with van der Waals surface area (Å²) in [7, 11) is 0. The van der Waals surface area contributed by atoms with Gasteiger partial charge in [-0.25, -0.2) is 0 Å². The van der Waals surface area contributed by atoms with Crippen LogP contribution in [-0.2, 0) is 14.3 Å². The lowest BCUT2D eigenvalue weighted by molar-refractivity contribution is -0.138. The first-order chi connectivity index (χ1) is 10.8. The van der Waals surface area contributed by atoms with E-state index < -0.39 is 5.41 Å². The number of nitrogens with one attached hydrogen (secondary N) is 2. The minimum Gasteiger partial charge on any atom is -0.376 e. The van der Waals surface area contributed by atoms with Crippen molar-refractivity contribution in [2.75, 3.05) is 18.5 Å². The molecule has 0 aliphatic carbocycles. The van der Waals surface area contributed by atoms with Gasteiger partial charge in [0.1, 0.15) is 5.41 Å². The molecule has 1 aromatic rings. The lowest BCUT2D eigenvalue weighted by Gasteiger charge is -2.23. The fourth-order valence-electron chi connectivity index (χ4n) is 2.35. The highest BCUT2D eigenvalue weighted by atomic mass is 79.9. The maximum atomic E-state index is 12.5. The lowest BCUT2D eigenvalue weighted by Crippen LogP contribution is -2.47. The Bertz CT molecular complexity index is 596.